The van der Waals surface area contributed by atoms with Gasteiger partial charge in [0, 0.05) is 12.0 Å². The highest BCUT2D eigenvalue weighted by Gasteiger charge is 2.51. The van der Waals surface area contributed by atoms with E-state index in [2.05, 4.69) is 10.3 Å². The van der Waals surface area contributed by atoms with Crippen LogP contribution in [0.2, 0.25) is 0 Å². The van der Waals surface area contributed by atoms with E-state index in [9.17, 15) is 9.18 Å². The van der Waals surface area contributed by atoms with E-state index in [4.69, 9.17) is 9.47 Å². The molecule has 4 rings (SSSR count). The number of hydrogen-bond acceptors (Lipinski definition) is 4. The maximum atomic E-state index is 15.1. The van der Waals surface area contributed by atoms with Crippen LogP contribution in [0, 0.1) is 11.6 Å². The van der Waals surface area contributed by atoms with Gasteiger partial charge in [-0.25, -0.2) is 23.9 Å². The normalized spacial score (nSPS) is 21.5. The molecule has 1 spiro atoms. The van der Waals surface area contributed by atoms with Crippen LogP contribution in [0.3, 0.4) is 0 Å². The van der Waals surface area contributed by atoms with Crippen LogP contribution < -0.4 is 5.32 Å². The number of benzene rings is 2. The molecule has 0 unspecified atom stereocenters. The highest BCUT2D eigenvalue weighted by atomic mass is 19.1. The smallest absolute Gasteiger partial charge is 0.415 e. The number of aliphatic imine (C=N–C) groups is 1. The van der Waals surface area contributed by atoms with Crippen molar-refractivity contribution < 1.29 is 23.0 Å². The second-order valence-electron chi connectivity index (χ2n) is 10.3. The fraction of sp³-hybridized carbons (Fsp3) is 0.407. The summed E-state index contributed by atoms with van der Waals surface area (Å²) in [5.74, 6) is -0.676. The molecule has 1 amide bonds. The van der Waals surface area contributed by atoms with Gasteiger partial charge in [0.25, 0.3) is 6.02 Å². The minimum atomic E-state index is -0.938. The van der Waals surface area contributed by atoms with Gasteiger partial charge in [-0.2, -0.15) is 0 Å². The maximum Gasteiger partial charge on any atom is 0.415 e. The molecule has 1 fully saturated rings. The lowest BCUT2D eigenvalue weighted by atomic mass is 9.69. The van der Waals surface area contributed by atoms with E-state index in [-0.39, 0.29) is 17.7 Å². The van der Waals surface area contributed by atoms with Crippen molar-refractivity contribution in [3.05, 3.63) is 70.8 Å². The molecular formula is C27H30F2N2O3. The third kappa shape index (κ3) is 5.46. The van der Waals surface area contributed by atoms with Crippen LogP contribution in [-0.4, -0.2) is 23.3 Å². The minimum absolute atomic E-state index is 0.0503. The Kier molecular flexibility index (Phi) is 6.23. The van der Waals surface area contributed by atoms with Gasteiger partial charge in [0.2, 0.25) is 0 Å². The van der Waals surface area contributed by atoms with Gasteiger partial charge in [-0.05, 0) is 82.3 Å². The molecule has 2 aliphatic rings. The SMILES string of the molecule is CC(C)(C)OC(=O)NC1=N[C@](C)(c2cc(/C=C/c3ccc(F)cc3)ccc2F)CC2(CCC2)O1. The van der Waals surface area contributed by atoms with Crippen molar-refractivity contribution in [1.82, 2.24) is 5.32 Å². The fourth-order valence-electron chi connectivity index (χ4n) is 4.43. The minimum Gasteiger partial charge on any atom is -0.458 e. The summed E-state index contributed by atoms with van der Waals surface area (Å²) in [4.78, 5) is 17.0. The van der Waals surface area contributed by atoms with Crippen LogP contribution in [0.4, 0.5) is 13.6 Å². The lowest BCUT2D eigenvalue weighted by molar-refractivity contribution is -0.0612. The Labute approximate surface area is 198 Å². The van der Waals surface area contributed by atoms with Crippen molar-refractivity contribution >= 4 is 24.3 Å². The molecule has 0 saturated heterocycles. The summed E-state index contributed by atoms with van der Waals surface area (Å²) in [6, 6.07) is 11.1. The van der Waals surface area contributed by atoms with Crippen LogP contribution in [0.15, 0.2) is 47.5 Å². The first-order valence-corrected chi connectivity index (χ1v) is 11.5. The largest absolute Gasteiger partial charge is 0.458 e. The van der Waals surface area contributed by atoms with Gasteiger partial charge in [-0.1, -0.05) is 30.4 Å². The molecule has 2 aromatic rings. The predicted octanol–water partition coefficient (Wildman–Crippen LogP) is 6.57. The molecule has 1 heterocycles. The highest BCUT2D eigenvalue weighted by molar-refractivity contribution is 5.91. The van der Waals surface area contributed by atoms with Crippen molar-refractivity contribution in [1.29, 1.82) is 0 Å². The summed E-state index contributed by atoms with van der Waals surface area (Å²) in [6.07, 6.45) is 6.14. The Bertz CT molecular complexity index is 1130. The molecule has 0 bridgehead atoms. The molecule has 5 nitrogen and oxygen atoms in total. The molecule has 1 aliphatic heterocycles. The molecule has 0 aromatic heterocycles. The number of halogens is 2. The number of amides is 1. The molecule has 180 valence electrons. The van der Waals surface area contributed by atoms with E-state index in [1.165, 1.54) is 18.2 Å². The topological polar surface area (TPSA) is 59.9 Å². The second-order valence-corrected chi connectivity index (χ2v) is 10.3. The van der Waals surface area contributed by atoms with Gasteiger partial charge in [-0.15, -0.1) is 0 Å². The summed E-state index contributed by atoms with van der Waals surface area (Å²) >= 11 is 0. The lowest BCUT2D eigenvalue weighted by Gasteiger charge is -2.49. The van der Waals surface area contributed by atoms with E-state index in [1.54, 1.807) is 45.0 Å². The van der Waals surface area contributed by atoms with E-state index < -0.39 is 22.8 Å². The van der Waals surface area contributed by atoms with Crippen LogP contribution >= 0.6 is 0 Å². The summed E-state index contributed by atoms with van der Waals surface area (Å²) in [7, 11) is 0. The molecule has 1 saturated carbocycles. The second kappa shape index (κ2) is 8.85. The highest BCUT2D eigenvalue weighted by Crippen LogP contribution is 2.49. The quantitative estimate of drug-likeness (QED) is 0.518. The third-order valence-electron chi connectivity index (χ3n) is 6.11. The van der Waals surface area contributed by atoms with Crippen molar-refractivity contribution in [3.8, 4) is 0 Å². The molecule has 0 radical (unpaired) electrons. The number of amidine groups is 1. The van der Waals surface area contributed by atoms with E-state index >= 15 is 4.39 Å². The van der Waals surface area contributed by atoms with Crippen molar-refractivity contribution in [2.75, 3.05) is 0 Å². The van der Waals surface area contributed by atoms with Gasteiger partial charge in [0.15, 0.2) is 0 Å². The van der Waals surface area contributed by atoms with Crippen LogP contribution in [0.25, 0.3) is 12.2 Å². The molecule has 7 heteroatoms. The number of nitrogens with one attached hydrogen (secondary N) is 1. The molecule has 1 atom stereocenters. The number of nitrogens with zero attached hydrogens (tertiary/aromatic N) is 1. The Morgan fingerprint density at radius 2 is 1.74 bits per heavy atom. The maximum absolute atomic E-state index is 15.1. The molecule has 1 aliphatic carbocycles. The van der Waals surface area contributed by atoms with E-state index in [0.717, 1.165) is 30.4 Å². The van der Waals surface area contributed by atoms with Gasteiger partial charge >= 0.3 is 6.09 Å². The van der Waals surface area contributed by atoms with Crippen molar-refractivity contribution in [2.24, 2.45) is 4.99 Å². The molecule has 34 heavy (non-hydrogen) atoms. The van der Waals surface area contributed by atoms with Crippen LogP contribution in [0.1, 0.15) is 70.1 Å². The first-order chi connectivity index (χ1) is 16.0. The van der Waals surface area contributed by atoms with Gasteiger partial charge in [0.05, 0.1) is 5.54 Å². The first kappa shape index (κ1) is 23.9. The summed E-state index contributed by atoms with van der Waals surface area (Å²) in [6.45, 7) is 7.17. The molecular weight excluding hydrogens is 438 g/mol. The van der Waals surface area contributed by atoms with Crippen molar-refractivity contribution in [3.63, 3.8) is 0 Å². The van der Waals surface area contributed by atoms with Crippen LogP contribution in [-0.2, 0) is 15.0 Å². The summed E-state index contributed by atoms with van der Waals surface area (Å²) in [5.41, 5.74) is -0.0617. The number of hydrogen-bond donors (Lipinski definition) is 1. The first-order valence-electron chi connectivity index (χ1n) is 11.5. The van der Waals surface area contributed by atoms with Gasteiger partial charge < -0.3 is 9.47 Å². The van der Waals surface area contributed by atoms with Gasteiger partial charge in [0.1, 0.15) is 22.8 Å². The average Bonchev–Trinajstić information content (AvgIpc) is 2.71. The van der Waals surface area contributed by atoms with Crippen LogP contribution in [0.5, 0.6) is 0 Å². The van der Waals surface area contributed by atoms with E-state index in [0.29, 0.717) is 12.0 Å². The number of ether oxygens (including phenoxy) is 2. The summed E-state index contributed by atoms with van der Waals surface area (Å²) in [5, 5.41) is 2.61. The average molecular weight is 469 g/mol. The Hall–Kier alpha value is -3.22. The monoisotopic (exact) mass is 468 g/mol. The fourth-order valence-corrected chi connectivity index (χ4v) is 4.43. The van der Waals surface area contributed by atoms with E-state index in [1.807, 2.05) is 19.1 Å². The Balaban J connectivity index is 1.64. The number of carbonyl (C=O) groups is 1. The standard InChI is InChI=1S/C27H30F2N2O3/c1-25(2,3)34-24(32)30-23-31-26(4,17-27(33-23)14-5-15-27)21-16-19(10-13-22(21)29)7-6-18-8-11-20(28)12-9-18/h6-13,16H,5,14-15,17H2,1-4H3,(H,30,31,32)/b7-6+/t26-/m0/s1. The Morgan fingerprint density at radius 3 is 2.35 bits per heavy atom. The summed E-state index contributed by atoms with van der Waals surface area (Å²) < 4.78 is 39.7. The lowest BCUT2D eigenvalue weighted by Crippen LogP contribution is -2.54. The van der Waals surface area contributed by atoms with Crippen molar-refractivity contribution in [2.45, 2.75) is 70.1 Å². The van der Waals surface area contributed by atoms with Gasteiger partial charge in [-0.3, -0.25) is 0 Å². The zero-order valence-corrected chi connectivity index (χ0v) is 20.0. The zero-order valence-electron chi connectivity index (χ0n) is 20.0. The zero-order chi connectivity index (χ0) is 24.6. The number of carbonyl (C=O) groups excluding carboxylic acids is 1. The number of rotatable bonds is 3. The number of alkyl carbamates (subject to hydrolysis) is 1. The molecule has 2 aromatic carbocycles. The third-order valence-corrected chi connectivity index (χ3v) is 6.11. The predicted molar refractivity (Wildman–Crippen MR) is 128 cm³/mol. The Morgan fingerprint density at radius 1 is 1.09 bits per heavy atom. The molecule has 1 N–H and O–H groups in total.